The van der Waals surface area contributed by atoms with Gasteiger partial charge in [-0.15, -0.1) is 0 Å². The van der Waals surface area contributed by atoms with Gasteiger partial charge in [0.1, 0.15) is 11.6 Å². The number of hydrogen-bond donors (Lipinski definition) is 2. The van der Waals surface area contributed by atoms with Gasteiger partial charge in [-0.2, -0.15) is 0 Å². The van der Waals surface area contributed by atoms with Crippen LogP contribution >= 0.6 is 11.8 Å². The van der Waals surface area contributed by atoms with Crippen molar-refractivity contribution in [2.75, 3.05) is 11.1 Å². The fourth-order valence-corrected chi connectivity index (χ4v) is 3.33. The van der Waals surface area contributed by atoms with Crippen LogP contribution in [-0.2, 0) is 4.79 Å². The normalized spacial score (nSPS) is 10.7. The molecule has 2 amide bonds. The molecule has 3 N–H and O–H groups in total. The van der Waals surface area contributed by atoms with E-state index < -0.39 is 29.0 Å². The van der Waals surface area contributed by atoms with Gasteiger partial charge in [0.2, 0.25) is 5.91 Å². The number of aromatic nitrogens is 2. The maximum Gasteiger partial charge on any atom is 0.251 e. The summed E-state index contributed by atoms with van der Waals surface area (Å²) >= 11 is 1.16. The first kappa shape index (κ1) is 19.6. The van der Waals surface area contributed by atoms with E-state index in [4.69, 9.17) is 5.73 Å². The molecule has 0 aliphatic heterocycles. The second-order valence-corrected chi connectivity index (χ2v) is 6.82. The van der Waals surface area contributed by atoms with Crippen molar-refractivity contribution in [3.8, 4) is 5.69 Å². The summed E-state index contributed by atoms with van der Waals surface area (Å²) in [4.78, 5) is 27.6. The Balaban J connectivity index is 1.71. The highest BCUT2D eigenvalue weighted by Gasteiger charge is 2.16. The summed E-state index contributed by atoms with van der Waals surface area (Å²) in [5.41, 5.74) is 6.20. The Kier molecular flexibility index (Phi) is 5.74. The summed E-state index contributed by atoms with van der Waals surface area (Å²) < 4.78 is 29.2. The summed E-state index contributed by atoms with van der Waals surface area (Å²) in [5.74, 6) is -3.74. The van der Waals surface area contributed by atoms with Crippen molar-refractivity contribution in [1.29, 1.82) is 0 Å². The van der Waals surface area contributed by atoms with Crippen LogP contribution in [0.15, 0.2) is 53.9 Å². The lowest BCUT2D eigenvalue weighted by Crippen LogP contribution is -2.18. The van der Waals surface area contributed by atoms with Crippen LogP contribution in [0.4, 0.5) is 14.5 Å². The van der Waals surface area contributed by atoms with Gasteiger partial charge >= 0.3 is 0 Å². The Bertz CT molecular complexity index is 1050. The van der Waals surface area contributed by atoms with E-state index in [0.29, 0.717) is 11.2 Å². The van der Waals surface area contributed by atoms with Crippen molar-refractivity contribution in [2.24, 2.45) is 5.73 Å². The summed E-state index contributed by atoms with van der Waals surface area (Å²) in [6, 6.07) is 9.10. The van der Waals surface area contributed by atoms with Gasteiger partial charge < -0.3 is 11.1 Å². The van der Waals surface area contributed by atoms with Crippen LogP contribution < -0.4 is 11.1 Å². The molecule has 28 heavy (non-hydrogen) atoms. The Labute approximate surface area is 163 Å². The molecule has 0 unspecified atom stereocenters. The third-order valence-electron chi connectivity index (χ3n) is 3.91. The highest BCUT2D eigenvalue weighted by atomic mass is 32.2. The highest BCUT2D eigenvalue weighted by molar-refractivity contribution is 7.99. The summed E-state index contributed by atoms with van der Waals surface area (Å²) in [6.07, 6.45) is 3.40. The summed E-state index contributed by atoms with van der Waals surface area (Å²) in [5, 5.41) is 2.90. The summed E-state index contributed by atoms with van der Waals surface area (Å²) in [7, 11) is 0. The number of amides is 2. The van der Waals surface area contributed by atoms with Gasteiger partial charge in [-0.3, -0.25) is 14.2 Å². The van der Waals surface area contributed by atoms with Crippen molar-refractivity contribution < 1.29 is 18.4 Å². The van der Waals surface area contributed by atoms with Crippen molar-refractivity contribution in [3.05, 3.63) is 71.6 Å². The monoisotopic (exact) mass is 402 g/mol. The van der Waals surface area contributed by atoms with E-state index in [1.807, 2.05) is 35.8 Å². The second kappa shape index (κ2) is 8.22. The van der Waals surface area contributed by atoms with Crippen molar-refractivity contribution in [3.63, 3.8) is 0 Å². The first-order valence-corrected chi connectivity index (χ1v) is 9.16. The lowest BCUT2D eigenvalue weighted by molar-refractivity contribution is -0.113. The third-order valence-corrected chi connectivity index (χ3v) is 4.88. The van der Waals surface area contributed by atoms with Gasteiger partial charge in [0.15, 0.2) is 5.16 Å². The molecule has 1 heterocycles. The van der Waals surface area contributed by atoms with Crippen LogP contribution in [0.3, 0.4) is 0 Å². The number of anilines is 1. The molecule has 0 radical (unpaired) electrons. The van der Waals surface area contributed by atoms with Crippen molar-refractivity contribution in [1.82, 2.24) is 9.55 Å². The third kappa shape index (κ3) is 4.20. The molecule has 3 rings (SSSR count). The van der Waals surface area contributed by atoms with Crippen LogP contribution in [0.2, 0.25) is 0 Å². The lowest BCUT2D eigenvalue weighted by Gasteiger charge is -2.11. The maximum atomic E-state index is 13.9. The van der Waals surface area contributed by atoms with Crippen LogP contribution in [0.1, 0.15) is 15.9 Å². The topological polar surface area (TPSA) is 90.0 Å². The van der Waals surface area contributed by atoms with Crippen LogP contribution in [0.5, 0.6) is 0 Å². The van der Waals surface area contributed by atoms with Gasteiger partial charge in [-0.1, -0.05) is 30.0 Å². The lowest BCUT2D eigenvalue weighted by atomic mass is 10.1. The van der Waals surface area contributed by atoms with E-state index in [-0.39, 0.29) is 11.4 Å². The first-order valence-electron chi connectivity index (χ1n) is 8.17. The van der Waals surface area contributed by atoms with E-state index >= 15 is 0 Å². The molecule has 3 aromatic rings. The Morgan fingerprint density at radius 3 is 2.68 bits per heavy atom. The second-order valence-electron chi connectivity index (χ2n) is 5.88. The minimum absolute atomic E-state index is 0.0639. The van der Waals surface area contributed by atoms with Crippen LogP contribution in [0, 0.1) is 18.6 Å². The molecule has 0 aliphatic rings. The fourth-order valence-electron chi connectivity index (χ4n) is 2.56. The molecular formula is C19H16F2N4O2S. The number of hydrogen-bond acceptors (Lipinski definition) is 4. The quantitative estimate of drug-likeness (QED) is 0.619. The number of carbonyl (C=O) groups is 2. The smallest absolute Gasteiger partial charge is 0.251 e. The number of imidazole rings is 1. The number of para-hydroxylation sites is 1. The molecule has 0 saturated carbocycles. The Hall–Kier alpha value is -3.20. The van der Waals surface area contributed by atoms with Crippen LogP contribution in [0.25, 0.3) is 5.69 Å². The minimum atomic E-state index is -1.09. The molecule has 144 valence electrons. The van der Waals surface area contributed by atoms with E-state index in [2.05, 4.69) is 10.3 Å². The molecular weight excluding hydrogens is 386 g/mol. The van der Waals surface area contributed by atoms with Crippen molar-refractivity contribution in [2.45, 2.75) is 12.1 Å². The fraction of sp³-hybridized carbons (Fsp3) is 0.105. The van der Waals surface area contributed by atoms with Gasteiger partial charge in [-0.25, -0.2) is 13.8 Å². The Morgan fingerprint density at radius 1 is 1.21 bits per heavy atom. The first-order chi connectivity index (χ1) is 13.4. The molecule has 0 bridgehead atoms. The number of halogens is 2. The number of nitrogens with two attached hydrogens (primary N) is 1. The summed E-state index contributed by atoms with van der Waals surface area (Å²) in [6.45, 7) is 1.96. The molecule has 0 atom stereocenters. The average Bonchev–Trinajstić information content (AvgIpc) is 3.10. The maximum absolute atomic E-state index is 13.9. The number of aryl methyl sites for hydroxylation is 1. The highest BCUT2D eigenvalue weighted by Crippen LogP contribution is 2.24. The standard InChI is InChI=1S/C19H16F2N4O2S/c1-11-4-2-3-5-16(11)25-7-6-23-19(25)28-10-17(26)24-15-8-12(18(22)27)13(20)9-14(15)21/h2-9H,10H2,1H3,(H2,22,27)(H,24,26). The zero-order valence-electron chi connectivity index (χ0n) is 14.8. The SMILES string of the molecule is Cc1ccccc1-n1ccnc1SCC(=O)Nc1cc(C(N)=O)c(F)cc1F. The molecule has 9 heteroatoms. The van der Waals surface area contributed by atoms with Gasteiger partial charge in [0, 0.05) is 18.5 Å². The van der Waals surface area contributed by atoms with Gasteiger partial charge in [0.25, 0.3) is 5.91 Å². The zero-order valence-corrected chi connectivity index (χ0v) is 15.6. The molecule has 0 aliphatic carbocycles. The Morgan fingerprint density at radius 2 is 1.96 bits per heavy atom. The van der Waals surface area contributed by atoms with Crippen molar-refractivity contribution >= 4 is 29.3 Å². The minimum Gasteiger partial charge on any atom is -0.366 e. The van der Waals surface area contributed by atoms with E-state index in [9.17, 15) is 18.4 Å². The predicted molar refractivity (Wildman–Crippen MR) is 103 cm³/mol. The number of rotatable bonds is 6. The van der Waals surface area contributed by atoms with Gasteiger partial charge in [-0.05, 0) is 24.6 Å². The van der Waals surface area contributed by atoms with Gasteiger partial charge in [0.05, 0.1) is 22.7 Å². The molecule has 1 aromatic heterocycles. The number of primary amides is 1. The average molecular weight is 402 g/mol. The zero-order chi connectivity index (χ0) is 20.3. The van der Waals surface area contributed by atoms with E-state index in [1.165, 1.54) is 0 Å². The number of thioether (sulfide) groups is 1. The molecule has 0 fully saturated rings. The predicted octanol–water partition coefficient (Wildman–Crippen LogP) is 3.29. The molecule has 0 spiro atoms. The molecule has 0 saturated heterocycles. The van der Waals surface area contributed by atoms with E-state index in [0.717, 1.165) is 29.1 Å². The number of carbonyl (C=O) groups excluding carboxylic acids is 2. The van der Waals surface area contributed by atoms with E-state index in [1.54, 1.807) is 12.4 Å². The molecule has 6 nitrogen and oxygen atoms in total. The number of benzene rings is 2. The van der Waals surface area contributed by atoms with Crippen LogP contribution in [-0.4, -0.2) is 27.1 Å². The number of nitrogens with one attached hydrogen (secondary N) is 1. The molecule has 2 aromatic carbocycles. The number of nitrogens with zero attached hydrogens (tertiary/aromatic N) is 2. The largest absolute Gasteiger partial charge is 0.366 e.